The van der Waals surface area contributed by atoms with Gasteiger partial charge in [0.25, 0.3) is 0 Å². The zero-order chi connectivity index (χ0) is 10.6. The summed E-state index contributed by atoms with van der Waals surface area (Å²) >= 11 is 0. The number of hydrogen-bond acceptors (Lipinski definition) is 4. The van der Waals surface area contributed by atoms with Crippen LogP contribution in [-0.2, 0) is 22.5 Å². The molecular formula is C9H15N3O2. The van der Waals surface area contributed by atoms with E-state index in [2.05, 4.69) is 28.7 Å². The summed E-state index contributed by atoms with van der Waals surface area (Å²) in [5, 5.41) is 4.04. The summed E-state index contributed by atoms with van der Waals surface area (Å²) in [7, 11) is 1.37. The molecule has 5 nitrogen and oxygen atoms in total. The summed E-state index contributed by atoms with van der Waals surface area (Å²) in [4.78, 5) is 15.0. The second kappa shape index (κ2) is 4.74. The van der Waals surface area contributed by atoms with Crippen LogP contribution >= 0.6 is 0 Å². The molecule has 0 aliphatic rings. The van der Waals surface area contributed by atoms with E-state index in [0.29, 0.717) is 11.7 Å². The standard InChI is InChI=1S/C9H15N3O2/c1-7(2)5-12-8(10-6-11-12)4-9(13)14-3/h6-7H,4-5H2,1-3H3. The molecule has 0 aliphatic heterocycles. The minimum Gasteiger partial charge on any atom is -0.469 e. The molecule has 0 N–H and O–H groups in total. The number of aromatic nitrogens is 3. The minimum absolute atomic E-state index is 0.184. The van der Waals surface area contributed by atoms with Gasteiger partial charge in [0, 0.05) is 6.54 Å². The number of rotatable bonds is 4. The van der Waals surface area contributed by atoms with Gasteiger partial charge in [0.05, 0.1) is 7.11 Å². The van der Waals surface area contributed by atoms with Crippen LogP contribution in [0.5, 0.6) is 0 Å². The molecule has 0 saturated heterocycles. The Kier molecular flexibility index (Phi) is 3.62. The Balaban J connectivity index is 2.67. The van der Waals surface area contributed by atoms with E-state index < -0.39 is 0 Å². The fraction of sp³-hybridized carbons (Fsp3) is 0.667. The first-order valence-electron chi connectivity index (χ1n) is 4.57. The van der Waals surface area contributed by atoms with Gasteiger partial charge in [-0.15, -0.1) is 0 Å². The van der Waals surface area contributed by atoms with Gasteiger partial charge < -0.3 is 4.74 Å². The van der Waals surface area contributed by atoms with E-state index in [0.717, 1.165) is 6.54 Å². The Morgan fingerprint density at radius 2 is 2.36 bits per heavy atom. The third-order valence-electron chi connectivity index (χ3n) is 1.76. The Bertz CT molecular complexity index is 307. The van der Waals surface area contributed by atoms with Crippen molar-refractivity contribution < 1.29 is 9.53 Å². The van der Waals surface area contributed by atoms with Gasteiger partial charge in [-0.3, -0.25) is 4.79 Å². The van der Waals surface area contributed by atoms with Crippen molar-refractivity contribution in [3.05, 3.63) is 12.2 Å². The number of methoxy groups -OCH3 is 1. The molecule has 0 saturated carbocycles. The van der Waals surface area contributed by atoms with E-state index in [-0.39, 0.29) is 12.4 Å². The van der Waals surface area contributed by atoms with Gasteiger partial charge in [-0.05, 0) is 5.92 Å². The van der Waals surface area contributed by atoms with Gasteiger partial charge in [0.15, 0.2) is 0 Å². The van der Waals surface area contributed by atoms with Crippen LogP contribution in [0.2, 0.25) is 0 Å². The molecule has 0 radical (unpaired) electrons. The van der Waals surface area contributed by atoms with Crippen molar-refractivity contribution in [1.29, 1.82) is 0 Å². The quantitative estimate of drug-likeness (QED) is 0.665. The van der Waals surface area contributed by atoms with E-state index in [9.17, 15) is 4.79 Å². The number of ether oxygens (including phenoxy) is 1. The van der Waals surface area contributed by atoms with Crippen molar-refractivity contribution in [3.8, 4) is 0 Å². The second-order valence-corrected chi connectivity index (χ2v) is 3.51. The van der Waals surface area contributed by atoms with Crippen LogP contribution in [0.1, 0.15) is 19.7 Å². The van der Waals surface area contributed by atoms with E-state index in [1.54, 1.807) is 4.68 Å². The van der Waals surface area contributed by atoms with Gasteiger partial charge in [-0.2, -0.15) is 5.10 Å². The normalized spacial score (nSPS) is 10.6. The molecule has 5 heteroatoms. The highest BCUT2D eigenvalue weighted by atomic mass is 16.5. The lowest BCUT2D eigenvalue weighted by molar-refractivity contribution is -0.140. The lowest BCUT2D eigenvalue weighted by Crippen LogP contribution is -2.14. The Hall–Kier alpha value is -1.39. The number of esters is 1. The number of nitrogens with zero attached hydrogens (tertiary/aromatic N) is 3. The van der Waals surface area contributed by atoms with Crippen LogP contribution in [0.15, 0.2) is 6.33 Å². The topological polar surface area (TPSA) is 57.0 Å². The lowest BCUT2D eigenvalue weighted by Gasteiger charge is -2.07. The maximum atomic E-state index is 11.0. The van der Waals surface area contributed by atoms with E-state index in [4.69, 9.17) is 0 Å². The Morgan fingerprint density at radius 1 is 1.64 bits per heavy atom. The van der Waals surface area contributed by atoms with Crippen molar-refractivity contribution in [2.24, 2.45) is 5.92 Å². The fourth-order valence-electron chi connectivity index (χ4n) is 1.12. The monoisotopic (exact) mass is 197 g/mol. The highest BCUT2D eigenvalue weighted by Crippen LogP contribution is 2.02. The van der Waals surface area contributed by atoms with Crippen LogP contribution in [0.4, 0.5) is 0 Å². The Morgan fingerprint density at radius 3 is 2.93 bits per heavy atom. The van der Waals surface area contributed by atoms with Crippen LogP contribution in [0.25, 0.3) is 0 Å². The predicted octanol–water partition coefficient (Wildman–Crippen LogP) is 0.650. The van der Waals surface area contributed by atoms with Crippen molar-refractivity contribution in [1.82, 2.24) is 14.8 Å². The van der Waals surface area contributed by atoms with Crippen LogP contribution in [0, 0.1) is 5.92 Å². The van der Waals surface area contributed by atoms with Crippen molar-refractivity contribution in [3.63, 3.8) is 0 Å². The Labute approximate surface area is 83.1 Å². The zero-order valence-electron chi connectivity index (χ0n) is 8.73. The molecule has 14 heavy (non-hydrogen) atoms. The molecule has 0 bridgehead atoms. The van der Waals surface area contributed by atoms with E-state index in [1.807, 2.05) is 0 Å². The van der Waals surface area contributed by atoms with Crippen LogP contribution in [0.3, 0.4) is 0 Å². The minimum atomic E-state index is -0.289. The molecule has 1 rings (SSSR count). The molecule has 1 aromatic rings. The smallest absolute Gasteiger partial charge is 0.313 e. The molecule has 1 heterocycles. The molecule has 0 amide bonds. The van der Waals surface area contributed by atoms with Gasteiger partial charge in [-0.1, -0.05) is 13.8 Å². The van der Waals surface area contributed by atoms with Gasteiger partial charge in [0.2, 0.25) is 0 Å². The number of hydrogen-bond donors (Lipinski definition) is 0. The van der Waals surface area contributed by atoms with Crippen molar-refractivity contribution in [2.75, 3.05) is 7.11 Å². The third kappa shape index (κ3) is 2.83. The van der Waals surface area contributed by atoms with E-state index in [1.165, 1.54) is 13.4 Å². The van der Waals surface area contributed by atoms with Crippen LogP contribution in [-0.4, -0.2) is 27.8 Å². The fourth-order valence-corrected chi connectivity index (χ4v) is 1.12. The van der Waals surface area contributed by atoms with Gasteiger partial charge >= 0.3 is 5.97 Å². The maximum Gasteiger partial charge on any atom is 0.313 e. The molecule has 78 valence electrons. The molecule has 0 unspecified atom stereocenters. The lowest BCUT2D eigenvalue weighted by atomic mass is 10.2. The molecule has 0 aromatic carbocycles. The average Bonchev–Trinajstić information content (AvgIpc) is 2.52. The van der Waals surface area contributed by atoms with Crippen molar-refractivity contribution in [2.45, 2.75) is 26.8 Å². The molecular weight excluding hydrogens is 182 g/mol. The largest absolute Gasteiger partial charge is 0.469 e. The van der Waals surface area contributed by atoms with Gasteiger partial charge in [0.1, 0.15) is 18.6 Å². The summed E-state index contributed by atoms with van der Waals surface area (Å²) in [6.45, 7) is 4.94. The first kappa shape index (κ1) is 10.7. The first-order valence-corrected chi connectivity index (χ1v) is 4.57. The predicted molar refractivity (Wildman–Crippen MR) is 50.6 cm³/mol. The summed E-state index contributed by atoms with van der Waals surface area (Å²) in [6.07, 6.45) is 1.64. The molecule has 0 fully saturated rings. The summed E-state index contributed by atoms with van der Waals surface area (Å²) in [5.41, 5.74) is 0. The maximum absolute atomic E-state index is 11.0. The highest BCUT2D eigenvalue weighted by Gasteiger charge is 2.10. The molecule has 0 spiro atoms. The molecule has 0 atom stereocenters. The second-order valence-electron chi connectivity index (χ2n) is 3.51. The SMILES string of the molecule is COC(=O)Cc1ncnn1CC(C)C. The molecule has 1 aromatic heterocycles. The summed E-state index contributed by atoms with van der Waals surface area (Å²) in [5.74, 6) is 0.849. The zero-order valence-corrected chi connectivity index (χ0v) is 8.73. The van der Waals surface area contributed by atoms with Crippen molar-refractivity contribution >= 4 is 5.97 Å². The number of carbonyl (C=O) groups excluding carboxylic acids is 1. The van der Waals surface area contributed by atoms with E-state index >= 15 is 0 Å². The average molecular weight is 197 g/mol. The highest BCUT2D eigenvalue weighted by molar-refractivity contribution is 5.71. The first-order chi connectivity index (χ1) is 6.63. The number of carbonyl (C=O) groups is 1. The summed E-state index contributed by atoms with van der Waals surface area (Å²) < 4.78 is 6.30. The van der Waals surface area contributed by atoms with Gasteiger partial charge in [-0.25, -0.2) is 9.67 Å². The summed E-state index contributed by atoms with van der Waals surface area (Å²) in [6, 6.07) is 0. The molecule has 0 aliphatic carbocycles. The third-order valence-corrected chi connectivity index (χ3v) is 1.76. The van der Waals surface area contributed by atoms with Crippen LogP contribution < -0.4 is 0 Å².